The molecule has 0 unspecified atom stereocenters. The van der Waals surface area contributed by atoms with Gasteiger partial charge in [-0.15, -0.1) is 10.2 Å². The molecule has 4 aromatic rings. The van der Waals surface area contributed by atoms with Crippen LogP contribution in [0.3, 0.4) is 0 Å². The van der Waals surface area contributed by atoms with Gasteiger partial charge in [0.15, 0.2) is 5.16 Å². The minimum Gasteiger partial charge on any atom is -0.378 e. The standard InChI is InChI=1S/C26H24FN5O2S/c27-21-5-4-8-23(17-21)32-25(31-13-15-34-16-14-31)29-30-26(32)35-18-19-9-11-20(12-10-19)24(33)28-22-6-2-1-3-7-22/h1-12,17H,13-16,18H2,(H,28,33). The number of morpholine rings is 1. The van der Waals surface area contributed by atoms with E-state index < -0.39 is 0 Å². The Labute approximate surface area is 206 Å². The number of halogens is 1. The lowest BCUT2D eigenvalue weighted by atomic mass is 10.1. The minimum atomic E-state index is -0.315. The number of aromatic nitrogens is 3. The summed E-state index contributed by atoms with van der Waals surface area (Å²) in [6.45, 7) is 2.63. The van der Waals surface area contributed by atoms with Crippen molar-refractivity contribution in [2.75, 3.05) is 36.5 Å². The molecule has 5 rings (SSSR count). The van der Waals surface area contributed by atoms with Crippen molar-refractivity contribution in [1.82, 2.24) is 14.8 Å². The van der Waals surface area contributed by atoms with Crippen LogP contribution in [0.25, 0.3) is 5.69 Å². The fraction of sp³-hybridized carbons (Fsp3) is 0.192. The van der Waals surface area contributed by atoms with Crippen LogP contribution in [0.5, 0.6) is 0 Å². The van der Waals surface area contributed by atoms with E-state index in [1.54, 1.807) is 6.07 Å². The normalized spacial score (nSPS) is 13.6. The van der Waals surface area contributed by atoms with Gasteiger partial charge in [0.1, 0.15) is 5.82 Å². The highest BCUT2D eigenvalue weighted by Gasteiger charge is 2.22. The van der Waals surface area contributed by atoms with Gasteiger partial charge in [-0.1, -0.05) is 48.2 Å². The highest BCUT2D eigenvalue weighted by molar-refractivity contribution is 7.98. The topological polar surface area (TPSA) is 72.3 Å². The van der Waals surface area contributed by atoms with Crippen LogP contribution in [0.4, 0.5) is 16.0 Å². The van der Waals surface area contributed by atoms with Gasteiger partial charge in [0.05, 0.1) is 18.9 Å². The third kappa shape index (κ3) is 5.52. The van der Waals surface area contributed by atoms with Gasteiger partial charge in [0, 0.05) is 30.1 Å². The summed E-state index contributed by atoms with van der Waals surface area (Å²) in [4.78, 5) is 14.6. The number of benzene rings is 3. The lowest BCUT2D eigenvalue weighted by Gasteiger charge is -2.27. The van der Waals surface area contributed by atoms with E-state index in [9.17, 15) is 9.18 Å². The van der Waals surface area contributed by atoms with Crippen molar-refractivity contribution in [3.8, 4) is 5.69 Å². The number of para-hydroxylation sites is 1. The molecule has 1 aliphatic heterocycles. The average molecular weight is 490 g/mol. The van der Waals surface area contributed by atoms with Gasteiger partial charge in [0.2, 0.25) is 5.95 Å². The first kappa shape index (κ1) is 23.1. The number of carbonyl (C=O) groups is 1. The van der Waals surface area contributed by atoms with Crippen molar-refractivity contribution in [2.45, 2.75) is 10.9 Å². The smallest absolute Gasteiger partial charge is 0.255 e. The van der Waals surface area contributed by atoms with Gasteiger partial charge < -0.3 is 15.0 Å². The summed E-state index contributed by atoms with van der Waals surface area (Å²) in [5, 5.41) is 12.4. The summed E-state index contributed by atoms with van der Waals surface area (Å²) in [7, 11) is 0. The molecule has 7 nitrogen and oxygen atoms in total. The zero-order chi connectivity index (χ0) is 24.0. The molecule has 9 heteroatoms. The van der Waals surface area contributed by atoms with Crippen LogP contribution in [-0.4, -0.2) is 47.0 Å². The Bertz CT molecular complexity index is 1290. The maximum Gasteiger partial charge on any atom is 0.255 e. The number of nitrogens with zero attached hydrogens (tertiary/aromatic N) is 4. The molecule has 0 atom stereocenters. The number of anilines is 2. The Morgan fingerprint density at radius 2 is 1.74 bits per heavy atom. The molecular formula is C26H24FN5O2S. The van der Waals surface area contributed by atoms with Crippen LogP contribution in [0.15, 0.2) is 84.0 Å². The number of carbonyl (C=O) groups excluding carboxylic acids is 1. The Balaban J connectivity index is 1.32. The largest absolute Gasteiger partial charge is 0.378 e. The molecular weight excluding hydrogens is 465 g/mol. The summed E-state index contributed by atoms with van der Waals surface area (Å²) in [5.41, 5.74) is 3.05. The number of hydrogen-bond donors (Lipinski definition) is 1. The van der Waals surface area contributed by atoms with Gasteiger partial charge in [-0.2, -0.15) is 0 Å². The molecule has 178 valence electrons. The molecule has 1 amide bonds. The lowest BCUT2D eigenvalue weighted by Crippen LogP contribution is -2.37. The molecule has 2 heterocycles. The Hall–Kier alpha value is -3.69. The van der Waals surface area contributed by atoms with Crippen molar-refractivity contribution in [3.05, 3.63) is 95.8 Å². The minimum absolute atomic E-state index is 0.156. The monoisotopic (exact) mass is 489 g/mol. The van der Waals surface area contributed by atoms with Gasteiger partial charge in [-0.25, -0.2) is 4.39 Å². The molecule has 1 saturated heterocycles. The van der Waals surface area contributed by atoms with E-state index in [2.05, 4.69) is 20.4 Å². The zero-order valence-corrected chi connectivity index (χ0v) is 19.7. The number of ether oxygens (including phenoxy) is 1. The molecule has 1 N–H and O–H groups in total. The summed E-state index contributed by atoms with van der Waals surface area (Å²) in [6.07, 6.45) is 0. The predicted octanol–water partition coefficient (Wildman–Crippen LogP) is 4.79. The number of hydrogen-bond acceptors (Lipinski definition) is 6. The first-order valence-corrected chi connectivity index (χ1v) is 12.3. The van der Waals surface area contributed by atoms with Crippen molar-refractivity contribution < 1.29 is 13.9 Å². The molecule has 1 aromatic heterocycles. The molecule has 0 bridgehead atoms. The summed E-state index contributed by atoms with van der Waals surface area (Å²) in [6, 6.07) is 23.3. The molecule has 0 radical (unpaired) electrons. The maximum atomic E-state index is 14.0. The number of rotatable bonds is 7. The highest BCUT2D eigenvalue weighted by atomic mass is 32.2. The van der Waals surface area contributed by atoms with Gasteiger partial charge in [-0.3, -0.25) is 9.36 Å². The number of nitrogens with one attached hydrogen (secondary N) is 1. The van der Waals surface area contributed by atoms with Crippen LogP contribution < -0.4 is 10.2 Å². The van der Waals surface area contributed by atoms with E-state index in [1.807, 2.05) is 65.2 Å². The third-order valence-electron chi connectivity index (χ3n) is 5.59. The molecule has 0 aliphatic carbocycles. The van der Waals surface area contributed by atoms with Crippen LogP contribution >= 0.6 is 11.8 Å². The second kappa shape index (κ2) is 10.7. The predicted molar refractivity (Wildman–Crippen MR) is 135 cm³/mol. The van der Waals surface area contributed by atoms with E-state index in [0.29, 0.717) is 54.4 Å². The SMILES string of the molecule is O=C(Nc1ccccc1)c1ccc(CSc2nnc(N3CCOCC3)n2-c2cccc(F)c2)cc1. The summed E-state index contributed by atoms with van der Waals surface area (Å²) in [5.74, 6) is 0.826. The maximum absolute atomic E-state index is 14.0. The molecule has 0 spiro atoms. The van der Waals surface area contributed by atoms with E-state index in [0.717, 1.165) is 11.3 Å². The van der Waals surface area contributed by atoms with E-state index in [4.69, 9.17) is 4.74 Å². The first-order valence-electron chi connectivity index (χ1n) is 11.3. The Kier molecular flexibility index (Phi) is 7.06. The van der Waals surface area contributed by atoms with Crippen molar-refractivity contribution in [1.29, 1.82) is 0 Å². The summed E-state index contributed by atoms with van der Waals surface area (Å²) < 4.78 is 21.4. The molecule has 0 saturated carbocycles. The van der Waals surface area contributed by atoms with Crippen LogP contribution in [0.1, 0.15) is 15.9 Å². The van der Waals surface area contributed by atoms with E-state index in [-0.39, 0.29) is 11.7 Å². The fourth-order valence-electron chi connectivity index (χ4n) is 3.79. The molecule has 1 aliphatic rings. The van der Waals surface area contributed by atoms with Gasteiger partial charge in [-0.05, 0) is 48.0 Å². The van der Waals surface area contributed by atoms with Crippen LogP contribution in [0, 0.1) is 5.82 Å². The van der Waals surface area contributed by atoms with E-state index >= 15 is 0 Å². The zero-order valence-electron chi connectivity index (χ0n) is 18.9. The van der Waals surface area contributed by atoms with Gasteiger partial charge >= 0.3 is 0 Å². The number of thioether (sulfide) groups is 1. The second-order valence-corrected chi connectivity index (χ2v) is 8.95. The molecule has 1 fully saturated rings. The van der Waals surface area contributed by atoms with Crippen LogP contribution in [0.2, 0.25) is 0 Å². The van der Waals surface area contributed by atoms with Crippen molar-refractivity contribution in [3.63, 3.8) is 0 Å². The lowest BCUT2D eigenvalue weighted by molar-refractivity contribution is 0.102. The van der Waals surface area contributed by atoms with E-state index in [1.165, 1.54) is 23.9 Å². The molecule has 35 heavy (non-hydrogen) atoms. The Morgan fingerprint density at radius 3 is 2.49 bits per heavy atom. The molecule has 3 aromatic carbocycles. The Morgan fingerprint density at radius 1 is 0.971 bits per heavy atom. The second-order valence-electron chi connectivity index (χ2n) is 8.00. The van der Waals surface area contributed by atoms with Crippen molar-refractivity contribution in [2.24, 2.45) is 0 Å². The first-order chi connectivity index (χ1) is 17.2. The summed E-state index contributed by atoms with van der Waals surface area (Å²) >= 11 is 1.51. The quantitative estimate of drug-likeness (QED) is 0.377. The van der Waals surface area contributed by atoms with Gasteiger partial charge in [0.25, 0.3) is 5.91 Å². The fourth-order valence-corrected chi connectivity index (χ4v) is 4.69. The van der Waals surface area contributed by atoms with Crippen LogP contribution in [-0.2, 0) is 10.5 Å². The third-order valence-corrected chi connectivity index (χ3v) is 6.59. The highest BCUT2D eigenvalue weighted by Crippen LogP contribution is 2.29. The van der Waals surface area contributed by atoms with Crippen molar-refractivity contribution >= 4 is 29.3 Å². The number of amides is 1. The average Bonchev–Trinajstić information content (AvgIpc) is 3.33.